The van der Waals surface area contributed by atoms with Crippen LogP contribution in [0.25, 0.3) is 0 Å². The Kier molecular flexibility index (Phi) is 6.71. The van der Waals surface area contributed by atoms with Gasteiger partial charge in [-0.25, -0.2) is 0 Å². The summed E-state index contributed by atoms with van der Waals surface area (Å²) >= 11 is 3.85. The minimum atomic E-state index is 0.663. The summed E-state index contributed by atoms with van der Waals surface area (Å²) < 4.78 is 11.5. The van der Waals surface area contributed by atoms with E-state index >= 15 is 0 Å². The van der Waals surface area contributed by atoms with Crippen molar-refractivity contribution in [3.05, 3.63) is 24.3 Å². The van der Waals surface area contributed by atoms with Crippen molar-refractivity contribution in [1.29, 1.82) is 0 Å². The Morgan fingerprint density at radius 1 is 1.05 bits per heavy atom. The van der Waals surface area contributed by atoms with Crippen molar-refractivity contribution in [2.75, 3.05) is 13.2 Å². The minimum absolute atomic E-state index is 0.663. The minimum Gasteiger partial charge on any atom is -0.490 e. The van der Waals surface area contributed by atoms with Crippen molar-refractivity contribution in [3.8, 4) is 11.5 Å². The Bertz CT molecular complexity index is 394. The number of para-hydroxylation sites is 2. The summed E-state index contributed by atoms with van der Waals surface area (Å²) in [5, 5.41) is 0. The molecule has 0 heterocycles. The van der Waals surface area contributed by atoms with Gasteiger partial charge >= 0.3 is 0 Å². The van der Waals surface area contributed by atoms with Crippen LogP contribution in [0.3, 0.4) is 0 Å². The fourth-order valence-corrected chi connectivity index (χ4v) is 3.68. The SMILES string of the molecule is CCOc1ccccc1OCCC1CCCCCC1Br. The number of hydrogen-bond acceptors (Lipinski definition) is 2. The lowest BCUT2D eigenvalue weighted by Gasteiger charge is -2.20. The lowest BCUT2D eigenvalue weighted by Crippen LogP contribution is -2.16. The molecule has 1 aromatic carbocycles. The van der Waals surface area contributed by atoms with Crippen LogP contribution < -0.4 is 9.47 Å². The van der Waals surface area contributed by atoms with Crippen molar-refractivity contribution in [3.63, 3.8) is 0 Å². The van der Waals surface area contributed by atoms with Gasteiger partial charge in [-0.1, -0.05) is 47.3 Å². The van der Waals surface area contributed by atoms with Crippen molar-refractivity contribution >= 4 is 15.9 Å². The second kappa shape index (κ2) is 8.56. The smallest absolute Gasteiger partial charge is 0.161 e. The number of rotatable bonds is 6. The maximum Gasteiger partial charge on any atom is 0.161 e. The van der Waals surface area contributed by atoms with E-state index in [1.54, 1.807) is 0 Å². The fraction of sp³-hybridized carbons (Fsp3) is 0.647. The highest BCUT2D eigenvalue weighted by molar-refractivity contribution is 9.09. The predicted octanol–water partition coefficient (Wildman–Crippen LogP) is 5.20. The summed E-state index contributed by atoms with van der Waals surface area (Å²) in [5.74, 6) is 2.47. The van der Waals surface area contributed by atoms with Gasteiger partial charge in [-0.05, 0) is 44.2 Å². The van der Waals surface area contributed by atoms with Gasteiger partial charge in [-0.3, -0.25) is 0 Å². The molecule has 20 heavy (non-hydrogen) atoms. The monoisotopic (exact) mass is 340 g/mol. The zero-order chi connectivity index (χ0) is 14.2. The van der Waals surface area contributed by atoms with Crippen LogP contribution in [0.2, 0.25) is 0 Å². The molecule has 2 atom stereocenters. The van der Waals surface area contributed by atoms with Gasteiger partial charge < -0.3 is 9.47 Å². The van der Waals surface area contributed by atoms with Crippen molar-refractivity contribution in [2.45, 2.75) is 50.3 Å². The highest BCUT2D eigenvalue weighted by atomic mass is 79.9. The third-order valence-electron chi connectivity index (χ3n) is 3.96. The fourth-order valence-electron chi connectivity index (χ4n) is 2.83. The van der Waals surface area contributed by atoms with E-state index in [1.807, 2.05) is 31.2 Å². The molecule has 3 heteroatoms. The van der Waals surface area contributed by atoms with Gasteiger partial charge in [0.2, 0.25) is 0 Å². The van der Waals surface area contributed by atoms with E-state index in [0.29, 0.717) is 11.4 Å². The summed E-state index contributed by atoms with van der Waals surface area (Å²) in [6, 6.07) is 7.94. The van der Waals surface area contributed by atoms with Gasteiger partial charge in [0, 0.05) is 4.83 Å². The van der Waals surface area contributed by atoms with E-state index in [-0.39, 0.29) is 0 Å². The molecule has 0 N–H and O–H groups in total. The summed E-state index contributed by atoms with van der Waals surface area (Å²) in [4.78, 5) is 0.663. The van der Waals surface area contributed by atoms with E-state index in [1.165, 1.54) is 32.1 Å². The van der Waals surface area contributed by atoms with Crippen LogP contribution in [-0.2, 0) is 0 Å². The van der Waals surface area contributed by atoms with Crippen LogP contribution >= 0.6 is 15.9 Å². The van der Waals surface area contributed by atoms with Crippen LogP contribution in [-0.4, -0.2) is 18.0 Å². The normalized spacial score (nSPS) is 23.1. The van der Waals surface area contributed by atoms with Gasteiger partial charge in [0.25, 0.3) is 0 Å². The molecule has 0 radical (unpaired) electrons. The second-order valence-electron chi connectivity index (χ2n) is 5.43. The first-order chi connectivity index (χ1) is 9.81. The first-order valence-corrected chi connectivity index (χ1v) is 8.71. The zero-order valence-electron chi connectivity index (χ0n) is 12.3. The molecular formula is C17H25BrO2. The van der Waals surface area contributed by atoms with Gasteiger partial charge in [0.15, 0.2) is 11.5 Å². The summed E-state index contributed by atoms with van der Waals surface area (Å²) in [6.07, 6.45) is 7.86. The van der Waals surface area contributed by atoms with Crippen LogP contribution in [0, 0.1) is 5.92 Å². The Morgan fingerprint density at radius 2 is 1.75 bits per heavy atom. The third-order valence-corrected chi connectivity index (χ3v) is 5.17. The quantitative estimate of drug-likeness (QED) is 0.523. The van der Waals surface area contributed by atoms with E-state index in [2.05, 4.69) is 15.9 Å². The number of hydrogen-bond donors (Lipinski definition) is 0. The molecule has 2 nitrogen and oxygen atoms in total. The third kappa shape index (κ3) is 4.69. The molecule has 2 rings (SSSR count). The van der Waals surface area contributed by atoms with E-state index in [4.69, 9.17) is 9.47 Å². The number of halogens is 1. The highest BCUT2D eigenvalue weighted by Gasteiger charge is 2.21. The maximum atomic E-state index is 5.94. The number of benzene rings is 1. The van der Waals surface area contributed by atoms with Gasteiger partial charge in [-0.2, -0.15) is 0 Å². The van der Waals surface area contributed by atoms with Gasteiger partial charge in [-0.15, -0.1) is 0 Å². The molecule has 1 fully saturated rings. The van der Waals surface area contributed by atoms with Crippen molar-refractivity contribution in [1.82, 2.24) is 0 Å². The summed E-state index contributed by atoms with van der Waals surface area (Å²) in [5.41, 5.74) is 0. The van der Waals surface area contributed by atoms with Gasteiger partial charge in [0.05, 0.1) is 13.2 Å². The van der Waals surface area contributed by atoms with Crippen LogP contribution in [0.5, 0.6) is 11.5 Å². The Morgan fingerprint density at radius 3 is 2.50 bits per heavy atom. The molecule has 2 unspecified atom stereocenters. The largest absolute Gasteiger partial charge is 0.490 e. The van der Waals surface area contributed by atoms with Crippen molar-refractivity contribution in [2.24, 2.45) is 5.92 Å². The van der Waals surface area contributed by atoms with Crippen LogP contribution in [0.15, 0.2) is 24.3 Å². The standard InChI is InChI=1S/C17H25BrO2/c1-2-19-16-10-6-7-11-17(16)20-13-12-14-8-4-3-5-9-15(14)18/h6-7,10-11,14-15H,2-5,8-9,12-13H2,1H3. The average molecular weight is 341 g/mol. The molecule has 0 aliphatic heterocycles. The average Bonchev–Trinajstić information content (AvgIpc) is 2.66. The molecular weight excluding hydrogens is 316 g/mol. The van der Waals surface area contributed by atoms with Crippen LogP contribution in [0.1, 0.15) is 45.4 Å². The molecule has 1 saturated carbocycles. The van der Waals surface area contributed by atoms with E-state index in [0.717, 1.165) is 30.4 Å². The Labute approximate surface area is 131 Å². The zero-order valence-corrected chi connectivity index (χ0v) is 13.9. The number of alkyl halides is 1. The predicted molar refractivity (Wildman–Crippen MR) is 87.0 cm³/mol. The van der Waals surface area contributed by atoms with Gasteiger partial charge in [0.1, 0.15) is 0 Å². The Balaban J connectivity index is 1.83. The Hall–Kier alpha value is -0.700. The topological polar surface area (TPSA) is 18.5 Å². The van der Waals surface area contributed by atoms with Crippen molar-refractivity contribution < 1.29 is 9.47 Å². The molecule has 0 spiro atoms. The van der Waals surface area contributed by atoms with E-state index in [9.17, 15) is 0 Å². The molecule has 1 aliphatic carbocycles. The maximum absolute atomic E-state index is 5.94. The lowest BCUT2D eigenvalue weighted by atomic mass is 9.97. The molecule has 112 valence electrons. The first-order valence-electron chi connectivity index (χ1n) is 7.80. The second-order valence-corrected chi connectivity index (χ2v) is 6.61. The highest BCUT2D eigenvalue weighted by Crippen LogP contribution is 2.32. The first kappa shape index (κ1) is 15.7. The van der Waals surface area contributed by atoms with Crippen LogP contribution in [0.4, 0.5) is 0 Å². The molecule has 0 aromatic heterocycles. The molecule has 1 aromatic rings. The molecule has 0 saturated heterocycles. The summed E-state index contributed by atoms with van der Waals surface area (Å²) in [7, 11) is 0. The molecule has 0 amide bonds. The number of ether oxygens (including phenoxy) is 2. The molecule has 1 aliphatic rings. The summed E-state index contributed by atoms with van der Waals surface area (Å²) in [6.45, 7) is 3.45. The molecule has 0 bridgehead atoms. The lowest BCUT2D eigenvalue weighted by molar-refractivity contribution is 0.250. The van der Waals surface area contributed by atoms with E-state index < -0.39 is 0 Å².